The van der Waals surface area contributed by atoms with Crippen LogP contribution in [0, 0.1) is 0 Å². The van der Waals surface area contributed by atoms with Gasteiger partial charge in [0, 0.05) is 51.4 Å². The number of rotatable bonds is 8. The molecule has 2 rings (SSSR count). The van der Waals surface area contributed by atoms with Gasteiger partial charge >= 0.3 is 0 Å². The van der Waals surface area contributed by atoms with Crippen LogP contribution in [-0.4, -0.2) is 74.8 Å². The average molecular weight is 429 g/mol. The van der Waals surface area contributed by atoms with Crippen LogP contribution in [0.1, 0.15) is 6.42 Å². The van der Waals surface area contributed by atoms with E-state index >= 15 is 0 Å². The standard InChI is InChI=1S/C17H26ClN3O3.2ClH/c1-23-16(13-19)12-17(22)21-8-6-20(7-9-21)10-11-24-15-4-2-14(18)3-5-15;;/h2-5,16H,6-13,19H2,1H3;2*1H. The van der Waals surface area contributed by atoms with Gasteiger partial charge < -0.3 is 20.1 Å². The van der Waals surface area contributed by atoms with Crippen molar-refractivity contribution >= 4 is 42.3 Å². The smallest absolute Gasteiger partial charge is 0.225 e. The van der Waals surface area contributed by atoms with E-state index in [9.17, 15) is 4.79 Å². The predicted octanol–water partition coefficient (Wildman–Crippen LogP) is 2.07. The molecule has 0 aromatic heterocycles. The highest BCUT2D eigenvalue weighted by Gasteiger charge is 2.22. The molecule has 1 unspecified atom stereocenters. The van der Waals surface area contributed by atoms with Gasteiger partial charge in [-0.1, -0.05) is 11.6 Å². The molecule has 26 heavy (non-hydrogen) atoms. The molecule has 9 heteroatoms. The number of halogens is 3. The Bertz CT molecular complexity index is 508. The summed E-state index contributed by atoms with van der Waals surface area (Å²) in [4.78, 5) is 16.4. The van der Waals surface area contributed by atoms with Gasteiger partial charge in [0.15, 0.2) is 0 Å². The molecular formula is C17H28Cl3N3O3. The number of carbonyl (C=O) groups is 1. The predicted molar refractivity (Wildman–Crippen MR) is 109 cm³/mol. The van der Waals surface area contributed by atoms with Crippen molar-refractivity contribution in [1.82, 2.24) is 9.80 Å². The van der Waals surface area contributed by atoms with Crippen LogP contribution in [-0.2, 0) is 9.53 Å². The van der Waals surface area contributed by atoms with Gasteiger partial charge in [-0.2, -0.15) is 0 Å². The van der Waals surface area contributed by atoms with Crippen LogP contribution in [0.4, 0.5) is 0 Å². The molecule has 1 saturated heterocycles. The first-order valence-electron chi connectivity index (χ1n) is 8.23. The van der Waals surface area contributed by atoms with Gasteiger partial charge in [0.05, 0.1) is 12.5 Å². The normalized spacial score (nSPS) is 15.6. The number of hydrogen-bond donors (Lipinski definition) is 1. The molecule has 1 amide bonds. The summed E-state index contributed by atoms with van der Waals surface area (Å²) in [5, 5.41) is 0.702. The number of nitrogens with two attached hydrogens (primary N) is 1. The second kappa shape index (κ2) is 13.4. The number of hydrogen-bond acceptors (Lipinski definition) is 5. The zero-order valence-corrected chi connectivity index (χ0v) is 17.3. The lowest BCUT2D eigenvalue weighted by Crippen LogP contribution is -2.50. The third-order valence-electron chi connectivity index (χ3n) is 4.21. The summed E-state index contributed by atoms with van der Waals surface area (Å²) >= 11 is 5.85. The second-order valence-electron chi connectivity index (χ2n) is 5.82. The molecule has 1 aromatic rings. The van der Waals surface area contributed by atoms with E-state index in [1.165, 1.54) is 0 Å². The maximum Gasteiger partial charge on any atom is 0.225 e. The van der Waals surface area contributed by atoms with E-state index in [1.807, 2.05) is 29.2 Å². The van der Waals surface area contributed by atoms with Crippen molar-refractivity contribution in [1.29, 1.82) is 0 Å². The lowest BCUT2D eigenvalue weighted by molar-refractivity contribution is -0.135. The molecule has 150 valence electrons. The monoisotopic (exact) mass is 427 g/mol. The SMILES string of the molecule is COC(CN)CC(=O)N1CCN(CCOc2ccc(Cl)cc2)CC1.Cl.Cl. The van der Waals surface area contributed by atoms with Crippen LogP contribution < -0.4 is 10.5 Å². The maximum atomic E-state index is 12.2. The molecule has 1 fully saturated rings. The van der Waals surface area contributed by atoms with Crippen LogP contribution in [0.15, 0.2) is 24.3 Å². The molecule has 1 atom stereocenters. The van der Waals surface area contributed by atoms with Gasteiger partial charge in [-0.3, -0.25) is 9.69 Å². The zero-order chi connectivity index (χ0) is 17.4. The van der Waals surface area contributed by atoms with Gasteiger partial charge in [0.1, 0.15) is 12.4 Å². The maximum absolute atomic E-state index is 12.2. The van der Waals surface area contributed by atoms with E-state index in [2.05, 4.69) is 4.90 Å². The Hall–Kier alpha value is -0.760. The summed E-state index contributed by atoms with van der Waals surface area (Å²) in [6.45, 7) is 5.01. The molecule has 0 bridgehead atoms. The lowest BCUT2D eigenvalue weighted by atomic mass is 10.2. The average Bonchev–Trinajstić information content (AvgIpc) is 2.61. The molecule has 2 N–H and O–H groups in total. The second-order valence-corrected chi connectivity index (χ2v) is 6.26. The zero-order valence-electron chi connectivity index (χ0n) is 14.9. The highest BCUT2D eigenvalue weighted by atomic mass is 35.5. The number of ether oxygens (including phenoxy) is 2. The van der Waals surface area contributed by atoms with E-state index in [4.69, 9.17) is 26.8 Å². The third kappa shape index (κ3) is 8.29. The fourth-order valence-electron chi connectivity index (χ4n) is 2.63. The fourth-order valence-corrected chi connectivity index (χ4v) is 2.76. The summed E-state index contributed by atoms with van der Waals surface area (Å²) in [6, 6.07) is 7.36. The van der Waals surface area contributed by atoms with Crippen molar-refractivity contribution in [2.75, 3.05) is 53.0 Å². The van der Waals surface area contributed by atoms with E-state index < -0.39 is 0 Å². The van der Waals surface area contributed by atoms with Crippen molar-refractivity contribution in [3.8, 4) is 5.75 Å². The summed E-state index contributed by atoms with van der Waals surface area (Å²) in [6.07, 6.45) is 0.162. The number of benzene rings is 1. The van der Waals surface area contributed by atoms with Gasteiger partial charge in [0.25, 0.3) is 0 Å². The summed E-state index contributed by atoms with van der Waals surface area (Å²) in [5.74, 6) is 0.935. The summed E-state index contributed by atoms with van der Waals surface area (Å²) in [5.41, 5.74) is 5.57. The summed E-state index contributed by atoms with van der Waals surface area (Å²) < 4.78 is 10.9. The minimum absolute atomic E-state index is 0. The molecule has 6 nitrogen and oxygen atoms in total. The number of methoxy groups -OCH3 is 1. The topological polar surface area (TPSA) is 68.0 Å². The van der Waals surface area contributed by atoms with Gasteiger partial charge in [-0.05, 0) is 24.3 Å². The van der Waals surface area contributed by atoms with Crippen molar-refractivity contribution in [3.63, 3.8) is 0 Å². The van der Waals surface area contributed by atoms with Crippen molar-refractivity contribution in [2.45, 2.75) is 12.5 Å². The minimum Gasteiger partial charge on any atom is -0.492 e. The molecule has 1 aliphatic rings. The van der Waals surface area contributed by atoms with Crippen LogP contribution in [0.25, 0.3) is 0 Å². The van der Waals surface area contributed by atoms with Crippen molar-refractivity contribution in [3.05, 3.63) is 29.3 Å². The largest absolute Gasteiger partial charge is 0.492 e. The minimum atomic E-state index is -0.191. The van der Waals surface area contributed by atoms with Crippen LogP contribution >= 0.6 is 36.4 Å². The van der Waals surface area contributed by atoms with E-state index in [0.29, 0.717) is 24.6 Å². The van der Waals surface area contributed by atoms with E-state index in [-0.39, 0.29) is 36.8 Å². The Labute approximate surface area is 172 Å². The molecule has 0 saturated carbocycles. The van der Waals surface area contributed by atoms with Crippen molar-refractivity contribution < 1.29 is 14.3 Å². The first-order chi connectivity index (χ1) is 11.6. The Morgan fingerprint density at radius 2 is 1.81 bits per heavy atom. The lowest BCUT2D eigenvalue weighted by Gasteiger charge is -2.35. The van der Waals surface area contributed by atoms with E-state index in [0.717, 1.165) is 38.5 Å². The Morgan fingerprint density at radius 3 is 2.35 bits per heavy atom. The number of piperazine rings is 1. The quantitative estimate of drug-likeness (QED) is 0.686. The van der Waals surface area contributed by atoms with Crippen molar-refractivity contribution in [2.24, 2.45) is 5.73 Å². The molecule has 0 spiro atoms. The number of carbonyl (C=O) groups excluding carboxylic acids is 1. The number of amides is 1. The van der Waals surface area contributed by atoms with Crippen LogP contribution in [0.3, 0.4) is 0 Å². The Balaban J connectivity index is 0.00000312. The first kappa shape index (κ1) is 25.2. The number of nitrogens with zero attached hydrogens (tertiary/aromatic N) is 2. The molecule has 1 aliphatic heterocycles. The first-order valence-corrected chi connectivity index (χ1v) is 8.61. The van der Waals surface area contributed by atoms with Gasteiger partial charge in [-0.15, -0.1) is 24.8 Å². The van der Waals surface area contributed by atoms with Crippen LogP contribution in [0.2, 0.25) is 5.02 Å². The van der Waals surface area contributed by atoms with Gasteiger partial charge in [-0.25, -0.2) is 0 Å². The molecule has 0 radical (unpaired) electrons. The van der Waals surface area contributed by atoms with Gasteiger partial charge in [0.2, 0.25) is 5.91 Å². The van der Waals surface area contributed by atoms with Crippen LogP contribution in [0.5, 0.6) is 5.75 Å². The van der Waals surface area contributed by atoms with E-state index in [1.54, 1.807) is 7.11 Å². The molecule has 1 aromatic carbocycles. The fraction of sp³-hybridized carbons (Fsp3) is 0.588. The highest BCUT2D eigenvalue weighted by molar-refractivity contribution is 6.30. The Morgan fingerprint density at radius 1 is 1.19 bits per heavy atom. The summed E-state index contributed by atoms with van der Waals surface area (Å²) in [7, 11) is 1.59. The Kier molecular flexibility index (Phi) is 13.0. The molecule has 0 aliphatic carbocycles. The molecule has 1 heterocycles. The third-order valence-corrected chi connectivity index (χ3v) is 4.47. The molecular weight excluding hydrogens is 401 g/mol. The highest BCUT2D eigenvalue weighted by Crippen LogP contribution is 2.15.